The van der Waals surface area contributed by atoms with Crippen LogP contribution in [0.2, 0.25) is 0 Å². The Morgan fingerprint density at radius 2 is 1.88 bits per heavy atom. The van der Waals surface area contributed by atoms with Crippen LogP contribution in [0.4, 0.5) is 5.13 Å². The zero-order valence-electron chi connectivity index (χ0n) is 12.8. The fraction of sp³-hybridized carbons (Fsp3) is 0. The Bertz CT molecular complexity index is 1100. The van der Waals surface area contributed by atoms with Gasteiger partial charge in [0.15, 0.2) is 0 Å². The summed E-state index contributed by atoms with van der Waals surface area (Å²) in [6, 6.07) is 13.9. The third kappa shape index (κ3) is 2.90. The first-order chi connectivity index (χ1) is 12.2. The van der Waals surface area contributed by atoms with E-state index in [0.29, 0.717) is 27.3 Å². The van der Waals surface area contributed by atoms with Gasteiger partial charge in [-0.3, -0.25) is 19.5 Å². The lowest BCUT2D eigenvalue weighted by Gasteiger charge is -2.07. The minimum atomic E-state index is -0.285. The highest BCUT2D eigenvalue weighted by Crippen LogP contribution is 2.13. The molecule has 0 spiro atoms. The monoisotopic (exact) mass is 349 g/mol. The van der Waals surface area contributed by atoms with E-state index < -0.39 is 0 Å². The molecule has 4 rings (SSSR count). The number of rotatable bonds is 3. The normalized spacial score (nSPS) is 10.7. The van der Waals surface area contributed by atoms with Crippen molar-refractivity contribution in [3.63, 3.8) is 0 Å². The van der Waals surface area contributed by atoms with Gasteiger partial charge in [-0.1, -0.05) is 23.5 Å². The number of fused-ring (bicyclic) bond motifs is 1. The van der Waals surface area contributed by atoms with E-state index in [-0.39, 0.29) is 11.5 Å². The number of nitrogens with zero attached hydrogens (tertiary/aromatic N) is 4. The molecule has 1 amide bonds. The Labute approximate surface area is 145 Å². The number of hydrogen-bond donors (Lipinski definition) is 1. The Kier molecular flexibility index (Phi) is 3.79. The molecule has 0 aliphatic rings. The third-order valence-corrected chi connectivity index (χ3v) is 4.26. The summed E-state index contributed by atoms with van der Waals surface area (Å²) in [5, 5.41) is 11.1. The van der Waals surface area contributed by atoms with Crippen LogP contribution >= 0.6 is 11.3 Å². The predicted octanol–water partition coefficient (Wildman–Crippen LogP) is 2.49. The first-order valence-electron chi connectivity index (χ1n) is 7.37. The molecule has 0 fully saturated rings. The number of carbonyl (C=O) groups is 1. The van der Waals surface area contributed by atoms with Gasteiger partial charge < -0.3 is 0 Å². The van der Waals surface area contributed by atoms with Crippen LogP contribution in [0, 0.1) is 0 Å². The Balaban J connectivity index is 1.65. The highest BCUT2D eigenvalue weighted by Gasteiger charge is 2.09. The summed E-state index contributed by atoms with van der Waals surface area (Å²) in [7, 11) is 0. The number of hydrogen-bond acceptors (Lipinski definition) is 6. The van der Waals surface area contributed by atoms with Crippen LogP contribution in [0.5, 0.6) is 0 Å². The van der Waals surface area contributed by atoms with E-state index in [1.54, 1.807) is 42.5 Å². The van der Waals surface area contributed by atoms with Gasteiger partial charge >= 0.3 is 0 Å². The second-order valence-corrected chi connectivity index (χ2v) is 6.01. The van der Waals surface area contributed by atoms with Gasteiger partial charge in [-0.2, -0.15) is 0 Å². The molecule has 122 valence electrons. The van der Waals surface area contributed by atoms with E-state index in [1.807, 2.05) is 6.07 Å². The molecule has 0 saturated carbocycles. The molecule has 1 N–H and O–H groups in total. The molecule has 2 heterocycles. The number of aromatic nitrogens is 4. The highest BCUT2D eigenvalue weighted by molar-refractivity contribution is 7.13. The van der Waals surface area contributed by atoms with Crippen LogP contribution in [0.1, 0.15) is 10.4 Å². The molecule has 0 bridgehead atoms. The van der Waals surface area contributed by atoms with Crippen molar-refractivity contribution in [1.82, 2.24) is 19.7 Å². The van der Waals surface area contributed by atoms with Crippen molar-refractivity contribution in [3.8, 4) is 5.69 Å². The SMILES string of the molecule is O=C(Nc1nncs1)c1ccc(-n2cnc3ccccc3c2=O)cc1. The van der Waals surface area contributed by atoms with E-state index in [9.17, 15) is 9.59 Å². The molecule has 2 aromatic heterocycles. The summed E-state index contributed by atoms with van der Waals surface area (Å²) in [6.45, 7) is 0. The summed E-state index contributed by atoms with van der Waals surface area (Å²) in [6.07, 6.45) is 1.49. The van der Waals surface area contributed by atoms with Gasteiger partial charge in [0.1, 0.15) is 11.8 Å². The maximum atomic E-state index is 12.6. The molecule has 7 nitrogen and oxygen atoms in total. The molecule has 0 aliphatic heterocycles. The van der Waals surface area contributed by atoms with Crippen molar-refractivity contribution >= 4 is 33.3 Å². The average Bonchev–Trinajstić information content (AvgIpc) is 3.15. The average molecular weight is 349 g/mol. The first kappa shape index (κ1) is 15.2. The minimum absolute atomic E-state index is 0.156. The molecular formula is C17H11N5O2S. The fourth-order valence-corrected chi connectivity index (χ4v) is 2.86. The second-order valence-electron chi connectivity index (χ2n) is 5.18. The zero-order chi connectivity index (χ0) is 17.2. The molecule has 0 unspecified atom stereocenters. The van der Waals surface area contributed by atoms with Gasteiger partial charge in [0.2, 0.25) is 5.13 Å². The van der Waals surface area contributed by atoms with Crippen LogP contribution in [0.25, 0.3) is 16.6 Å². The van der Waals surface area contributed by atoms with Crippen molar-refractivity contribution in [1.29, 1.82) is 0 Å². The second kappa shape index (κ2) is 6.25. The van der Waals surface area contributed by atoms with Crippen molar-refractivity contribution in [2.75, 3.05) is 5.32 Å². The highest BCUT2D eigenvalue weighted by atomic mass is 32.1. The largest absolute Gasteiger partial charge is 0.296 e. The molecule has 2 aromatic carbocycles. The third-order valence-electron chi connectivity index (χ3n) is 3.65. The molecule has 4 aromatic rings. The Morgan fingerprint density at radius 3 is 2.64 bits per heavy atom. The molecule has 0 saturated heterocycles. The lowest BCUT2D eigenvalue weighted by Crippen LogP contribution is -2.19. The molecule has 0 atom stereocenters. The number of para-hydroxylation sites is 1. The summed E-state index contributed by atoms with van der Waals surface area (Å²) >= 11 is 1.24. The van der Waals surface area contributed by atoms with Gasteiger partial charge in [0.25, 0.3) is 11.5 Å². The standard InChI is InChI=1S/C17H11N5O2S/c23-15(20-17-21-19-10-25-17)11-5-7-12(8-6-11)22-9-18-14-4-2-1-3-13(14)16(22)24/h1-10H,(H,20,21,23). The number of amides is 1. The minimum Gasteiger partial charge on any atom is -0.296 e. The lowest BCUT2D eigenvalue weighted by molar-refractivity contribution is 0.102. The number of benzene rings is 2. The number of carbonyl (C=O) groups excluding carboxylic acids is 1. The predicted molar refractivity (Wildman–Crippen MR) is 95.2 cm³/mol. The maximum Gasteiger partial charge on any atom is 0.265 e. The van der Waals surface area contributed by atoms with E-state index >= 15 is 0 Å². The van der Waals surface area contributed by atoms with Gasteiger partial charge in [0.05, 0.1) is 16.6 Å². The van der Waals surface area contributed by atoms with Crippen molar-refractivity contribution in [3.05, 3.63) is 76.3 Å². The molecule has 8 heteroatoms. The van der Waals surface area contributed by atoms with Crippen LogP contribution < -0.4 is 10.9 Å². The van der Waals surface area contributed by atoms with Crippen molar-refractivity contribution in [2.45, 2.75) is 0 Å². The van der Waals surface area contributed by atoms with Crippen molar-refractivity contribution < 1.29 is 4.79 Å². The smallest absolute Gasteiger partial charge is 0.265 e. The van der Waals surface area contributed by atoms with Crippen LogP contribution in [-0.4, -0.2) is 25.7 Å². The van der Waals surface area contributed by atoms with E-state index in [2.05, 4.69) is 20.5 Å². The summed E-state index contributed by atoms with van der Waals surface area (Å²) < 4.78 is 1.45. The number of anilines is 1. The van der Waals surface area contributed by atoms with Gasteiger partial charge in [0, 0.05) is 5.56 Å². The number of nitrogens with one attached hydrogen (secondary N) is 1. The Hall–Kier alpha value is -3.39. The zero-order valence-corrected chi connectivity index (χ0v) is 13.6. The molecule has 25 heavy (non-hydrogen) atoms. The topological polar surface area (TPSA) is 89.8 Å². The summed E-state index contributed by atoms with van der Waals surface area (Å²) in [5.41, 5.74) is 3.13. The van der Waals surface area contributed by atoms with Gasteiger partial charge in [-0.05, 0) is 36.4 Å². The van der Waals surface area contributed by atoms with E-state index in [1.165, 1.54) is 27.7 Å². The van der Waals surface area contributed by atoms with Gasteiger partial charge in [-0.15, -0.1) is 10.2 Å². The first-order valence-corrected chi connectivity index (χ1v) is 8.25. The molecule has 0 radical (unpaired) electrons. The van der Waals surface area contributed by atoms with Crippen LogP contribution in [0.15, 0.2) is 65.2 Å². The quantitative estimate of drug-likeness (QED) is 0.614. The summed E-state index contributed by atoms with van der Waals surface area (Å²) in [5.74, 6) is -0.285. The maximum absolute atomic E-state index is 12.6. The van der Waals surface area contributed by atoms with E-state index in [4.69, 9.17) is 0 Å². The lowest BCUT2D eigenvalue weighted by atomic mass is 10.2. The summed E-state index contributed by atoms with van der Waals surface area (Å²) in [4.78, 5) is 29.0. The molecule has 0 aliphatic carbocycles. The van der Waals surface area contributed by atoms with Crippen LogP contribution in [0.3, 0.4) is 0 Å². The fourth-order valence-electron chi connectivity index (χ4n) is 2.42. The Morgan fingerprint density at radius 1 is 1.08 bits per heavy atom. The van der Waals surface area contributed by atoms with Crippen LogP contribution in [-0.2, 0) is 0 Å². The van der Waals surface area contributed by atoms with E-state index in [0.717, 1.165) is 0 Å². The van der Waals surface area contributed by atoms with Crippen molar-refractivity contribution in [2.24, 2.45) is 0 Å². The molecular weight excluding hydrogens is 338 g/mol. The van der Waals surface area contributed by atoms with Gasteiger partial charge in [-0.25, -0.2) is 4.98 Å².